The molecule has 98 valence electrons. The summed E-state index contributed by atoms with van der Waals surface area (Å²) in [5, 5.41) is 4.14. The van der Waals surface area contributed by atoms with Crippen LogP contribution in [0.3, 0.4) is 0 Å². The molecule has 1 aromatic carbocycles. The first-order valence-electron chi connectivity index (χ1n) is 6.01. The number of benzene rings is 1. The maximum atomic E-state index is 5.82. The minimum absolute atomic E-state index is 0.130. The van der Waals surface area contributed by atoms with E-state index in [9.17, 15) is 0 Å². The quantitative estimate of drug-likeness (QED) is 0.779. The van der Waals surface area contributed by atoms with E-state index < -0.39 is 0 Å². The smallest absolute Gasteiger partial charge is 0.154 e. The Kier molecular flexibility index (Phi) is 3.43. The van der Waals surface area contributed by atoms with Crippen molar-refractivity contribution in [3.05, 3.63) is 39.1 Å². The van der Waals surface area contributed by atoms with E-state index in [1.165, 1.54) is 0 Å². The molecule has 1 atom stereocenters. The zero-order valence-corrected chi connectivity index (χ0v) is 12.8. The van der Waals surface area contributed by atoms with Crippen LogP contribution in [0.2, 0.25) is 0 Å². The number of hydrogen-bond donors (Lipinski definition) is 1. The number of rotatable bonds is 3. The summed E-state index contributed by atoms with van der Waals surface area (Å²) in [4.78, 5) is 4.57. The molecule has 2 heterocycles. The fourth-order valence-electron chi connectivity index (χ4n) is 1.93. The molecule has 0 fully saturated rings. The van der Waals surface area contributed by atoms with Crippen LogP contribution in [0.5, 0.6) is 0 Å². The largest absolute Gasteiger partial charge is 0.454 e. The molecule has 0 amide bonds. The molecule has 2 N–H and O–H groups in total. The van der Waals surface area contributed by atoms with Gasteiger partial charge in [0.05, 0.1) is 5.01 Å². The van der Waals surface area contributed by atoms with Crippen molar-refractivity contribution < 1.29 is 4.42 Å². The van der Waals surface area contributed by atoms with Gasteiger partial charge in [-0.2, -0.15) is 0 Å². The van der Waals surface area contributed by atoms with Gasteiger partial charge in [-0.15, -0.1) is 11.3 Å². The molecule has 3 rings (SSSR count). The van der Waals surface area contributed by atoms with E-state index in [1.54, 1.807) is 11.3 Å². The Balaban J connectivity index is 1.97. The van der Waals surface area contributed by atoms with Gasteiger partial charge >= 0.3 is 0 Å². The Hall–Kier alpha value is -1.17. The Morgan fingerprint density at radius 3 is 3.05 bits per heavy atom. The van der Waals surface area contributed by atoms with Crippen molar-refractivity contribution in [2.75, 3.05) is 0 Å². The monoisotopic (exact) mass is 336 g/mol. The lowest BCUT2D eigenvalue weighted by atomic mass is 10.2. The number of nitrogens with zero attached hydrogens (tertiary/aromatic N) is 1. The molecular weight excluding hydrogens is 324 g/mol. The first kappa shape index (κ1) is 12.8. The molecule has 19 heavy (non-hydrogen) atoms. The number of nitrogens with two attached hydrogens (primary N) is 1. The molecule has 0 radical (unpaired) electrons. The van der Waals surface area contributed by atoms with Gasteiger partial charge in [-0.1, -0.05) is 15.9 Å². The topological polar surface area (TPSA) is 52.0 Å². The minimum Gasteiger partial charge on any atom is -0.454 e. The van der Waals surface area contributed by atoms with Gasteiger partial charge in [0.1, 0.15) is 11.3 Å². The molecule has 0 spiro atoms. The highest BCUT2D eigenvalue weighted by Crippen LogP contribution is 2.30. The zero-order chi connectivity index (χ0) is 13.4. The third kappa shape index (κ3) is 2.73. The number of halogens is 1. The standard InChI is InChI=1S/C14H13BrN2OS/c1-8(16)4-14-17-11(7-19-14)13-6-9-5-10(15)2-3-12(9)18-13/h2-3,5-8H,4,16H2,1H3. The SMILES string of the molecule is CC(N)Cc1nc(-c2cc3cc(Br)ccc3o2)cs1. The lowest BCUT2D eigenvalue weighted by Gasteiger charge is -1.98. The molecule has 1 unspecified atom stereocenters. The molecular formula is C14H13BrN2OS. The third-order valence-corrected chi connectivity index (χ3v) is 4.14. The van der Waals surface area contributed by atoms with Gasteiger partial charge < -0.3 is 10.2 Å². The second-order valence-electron chi connectivity index (χ2n) is 4.60. The lowest BCUT2D eigenvalue weighted by Crippen LogP contribution is -2.17. The number of aromatic nitrogens is 1. The van der Waals surface area contributed by atoms with Gasteiger partial charge in [0.25, 0.3) is 0 Å². The highest BCUT2D eigenvalue weighted by atomic mass is 79.9. The first-order valence-corrected chi connectivity index (χ1v) is 7.68. The second kappa shape index (κ2) is 5.07. The van der Waals surface area contributed by atoms with Crippen molar-refractivity contribution in [3.63, 3.8) is 0 Å². The molecule has 0 aliphatic heterocycles. The Labute approximate surface area is 123 Å². The van der Waals surface area contributed by atoms with Crippen molar-refractivity contribution in [2.45, 2.75) is 19.4 Å². The van der Waals surface area contributed by atoms with Crippen LogP contribution in [0, 0.1) is 0 Å². The van der Waals surface area contributed by atoms with Crippen LogP contribution in [0.4, 0.5) is 0 Å². The number of furan rings is 1. The Morgan fingerprint density at radius 1 is 1.42 bits per heavy atom. The van der Waals surface area contributed by atoms with Crippen molar-refractivity contribution in [1.82, 2.24) is 4.98 Å². The molecule has 2 aromatic heterocycles. The fraction of sp³-hybridized carbons (Fsp3) is 0.214. The van der Waals surface area contributed by atoms with Crippen LogP contribution >= 0.6 is 27.3 Å². The lowest BCUT2D eigenvalue weighted by molar-refractivity contribution is 0.628. The van der Waals surface area contributed by atoms with Gasteiger partial charge in [0, 0.05) is 27.7 Å². The Morgan fingerprint density at radius 2 is 2.26 bits per heavy atom. The van der Waals surface area contributed by atoms with Gasteiger partial charge in [-0.3, -0.25) is 0 Å². The van der Waals surface area contributed by atoms with Crippen LogP contribution in [0.15, 0.2) is 38.5 Å². The fourth-order valence-corrected chi connectivity index (χ4v) is 3.24. The summed E-state index contributed by atoms with van der Waals surface area (Å²) in [6.45, 7) is 1.99. The molecule has 0 saturated carbocycles. The first-order chi connectivity index (χ1) is 9.11. The van der Waals surface area contributed by atoms with Gasteiger partial charge in [-0.05, 0) is 31.2 Å². The Bertz CT molecular complexity index is 717. The zero-order valence-electron chi connectivity index (χ0n) is 10.4. The normalized spacial score (nSPS) is 13.0. The number of hydrogen-bond acceptors (Lipinski definition) is 4. The summed E-state index contributed by atoms with van der Waals surface area (Å²) in [6.07, 6.45) is 0.802. The number of fused-ring (bicyclic) bond motifs is 1. The molecule has 0 aliphatic rings. The van der Waals surface area contributed by atoms with E-state index in [1.807, 2.05) is 36.6 Å². The van der Waals surface area contributed by atoms with Gasteiger partial charge in [0.2, 0.25) is 0 Å². The highest BCUT2D eigenvalue weighted by Gasteiger charge is 2.11. The van der Waals surface area contributed by atoms with E-state index in [0.717, 1.165) is 38.3 Å². The summed E-state index contributed by atoms with van der Waals surface area (Å²) >= 11 is 5.09. The van der Waals surface area contributed by atoms with Crippen LogP contribution in [-0.4, -0.2) is 11.0 Å². The third-order valence-electron chi connectivity index (χ3n) is 2.78. The van der Waals surface area contributed by atoms with Crippen LogP contribution in [-0.2, 0) is 6.42 Å². The summed E-state index contributed by atoms with van der Waals surface area (Å²) < 4.78 is 6.86. The predicted octanol–water partition coefficient (Wildman–Crippen LogP) is 4.21. The van der Waals surface area contributed by atoms with Crippen LogP contribution in [0.1, 0.15) is 11.9 Å². The average molecular weight is 337 g/mol. The average Bonchev–Trinajstić information content (AvgIpc) is 2.93. The summed E-state index contributed by atoms with van der Waals surface area (Å²) in [7, 11) is 0. The van der Waals surface area contributed by atoms with Crippen molar-refractivity contribution in [2.24, 2.45) is 5.73 Å². The van der Waals surface area contributed by atoms with E-state index in [-0.39, 0.29) is 6.04 Å². The highest BCUT2D eigenvalue weighted by molar-refractivity contribution is 9.10. The summed E-state index contributed by atoms with van der Waals surface area (Å²) in [5.41, 5.74) is 7.55. The van der Waals surface area contributed by atoms with Crippen LogP contribution in [0.25, 0.3) is 22.4 Å². The maximum absolute atomic E-state index is 5.82. The van der Waals surface area contributed by atoms with Gasteiger partial charge in [-0.25, -0.2) is 4.98 Å². The molecule has 0 saturated heterocycles. The van der Waals surface area contributed by atoms with Crippen LogP contribution < -0.4 is 5.73 Å². The van der Waals surface area contributed by atoms with Gasteiger partial charge in [0.15, 0.2) is 5.76 Å². The van der Waals surface area contributed by atoms with Crippen molar-refractivity contribution in [1.29, 1.82) is 0 Å². The minimum atomic E-state index is 0.130. The van der Waals surface area contributed by atoms with Crippen molar-refractivity contribution >= 4 is 38.2 Å². The summed E-state index contributed by atoms with van der Waals surface area (Å²) in [5.74, 6) is 0.806. The van der Waals surface area contributed by atoms with E-state index in [4.69, 9.17) is 10.2 Å². The van der Waals surface area contributed by atoms with E-state index >= 15 is 0 Å². The van der Waals surface area contributed by atoms with E-state index in [2.05, 4.69) is 20.9 Å². The molecule has 5 heteroatoms. The maximum Gasteiger partial charge on any atom is 0.154 e. The molecule has 0 aliphatic carbocycles. The van der Waals surface area contributed by atoms with Crippen molar-refractivity contribution in [3.8, 4) is 11.5 Å². The molecule has 3 aromatic rings. The molecule has 0 bridgehead atoms. The predicted molar refractivity (Wildman–Crippen MR) is 82.4 cm³/mol. The second-order valence-corrected chi connectivity index (χ2v) is 6.46. The summed E-state index contributed by atoms with van der Waals surface area (Å²) in [6, 6.07) is 8.12. The molecule has 3 nitrogen and oxygen atoms in total. The number of thiazole rings is 1. The van der Waals surface area contributed by atoms with E-state index in [0.29, 0.717) is 0 Å².